The Balaban J connectivity index is 2.81. The van der Waals surface area contributed by atoms with E-state index in [-0.39, 0.29) is 5.78 Å². The molecule has 0 fully saturated rings. The van der Waals surface area contributed by atoms with Crippen molar-refractivity contribution in [2.45, 2.75) is 6.92 Å². The molecule has 0 heterocycles. The molecule has 13 heavy (non-hydrogen) atoms. The molecular formula is C11H11ClO. The van der Waals surface area contributed by atoms with Crippen LogP contribution in [0.15, 0.2) is 30.3 Å². The molecular weight excluding hydrogens is 184 g/mol. The number of rotatable bonds is 3. The Labute approximate surface area is 83.0 Å². The topological polar surface area (TPSA) is 17.1 Å². The SMILES string of the molecule is CC(=O)c1ccc(C=CCCl)cc1. The van der Waals surface area contributed by atoms with Crippen molar-refractivity contribution in [1.82, 2.24) is 0 Å². The van der Waals surface area contributed by atoms with Crippen molar-refractivity contribution in [2.24, 2.45) is 0 Å². The van der Waals surface area contributed by atoms with Crippen LogP contribution in [-0.2, 0) is 0 Å². The summed E-state index contributed by atoms with van der Waals surface area (Å²) in [7, 11) is 0. The van der Waals surface area contributed by atoms with E-state index in [0.29, 0.717) is 5.88 Å². The minimum Gasteiger partial charge on any atom is -0.295 e. The second-order valence-electron chi connectivity index (χ2n) is 2.73. The number of carbonyl (C=O) groups is 1. The molecule has 68 valence electrons. The van der Waals surface area contributed by atoms with E-state index < -0.39 is 0 Å². The van der Waals surface area contributed by atoms with Gasteiger partial charge >= 0.3 is 0 Å². The van der Waals surface area contributed by atoms with Crippen LogP contribution in [0.5, 0.6) is 0 Å². The van der Waals surface area contributed by atoms with Crippen LogP contribution in [0, 0.1) is 0 Å². The van der Waals surface area contributed by atoms with Gasteiger partial charge in [0.15, 0.2) is 5.78 Å². The summed E-state index contributed by atoms with van der Waals surface area (Å²) < 4.78 is 0. The van der Waals surface area contributed by atoms with Gasteiger partial charge in [-0.1, -0.05) is 36.4 Å². The minimum atomic E-state index is 0.0906. The Morgan fingerprint density at radius 1 is 1.38 bits per heavy atom. The fourth-order valence-corrected chi connectivity index (χ4v) is 1.10. The van der Waals surface area contributed by atoms with Crippen LogP contribution in [-0.4, -0.2) is 11.7 Å². The summed E-state index contributed by atoms with van der Waals surface area (Å²) >= 11 is 5.49. The van der Waals surface area contributed by atoms with Crippen LogP contribution in [0.4, 0.5) is 0 Å². The van der Waals surface area contributed by atoms with Gasteiger partial charge in [-0.25, -0.2) is 0 Å². The molecule has 0 aliphatic heterocycles. The van der Waals surface area contributed by atoms with Crippen LogP contribution < -0.4 is 0 Å². The Morgan fingerprint density at radius 2 is 2.00 bits per heavy atom. The van der Waals surface area contributed by atoms with E-state index in [9.17, 15) is 4.79 Å². The highest BCUT2D eigenvalue weighted by molar-refractivity contribution is 6.19. The summed E-state index contributed by atoms with van der Waals surface area (Å²) in [6.45, 7) is 1.56. The summed E-state index contributed by atoms with van der Waals surface area (Å²) in [5, 5.41) is 0. The Bertz CT molecular complexity index is 311. The van der Waals surface area contributed by atoms with E-state index in [0.717, 1.165) is 11.1 Å². The van der Waals surface area contributed by atoms with Crippen molar-refractivity contribution >= 4 is 23.5 Å². The van der Waals surface area contributed by atoms with Gasteiger partial charge in [0.25, 0.3) is 0 Å². The third-order valence-electron chi connectivity index (χ3n) is 1.72. The summed E-state index contributed by atoms with van der Waals surface area (Å²) in [5.74, 6) is 0.599. The number of allylic oxidation sites excluding steroid dienone is 1. The highest BCUT2D eigenvalue weighted by atomic mass is 35.5. The second-order valence-corrected chi connectivity index (χ2v) is 3.04. The number of Topliss-reactive ketones (excluding diaryl/α,β-unsaturated/α-hetero) is 1. The average Bonchev–Trinajstić information content (AvgIpc) is 2.15. The smallest absolute Gasteiger partial charge is 0.159 e. The molecule has 0 bridgehead atoms. The predicted octanol–water partition coefficient (Wildman–Crippen LogP) is 3.14. The van der Waals surface area contributed by atoms with Gasteiger partial charge in [0.1, 0.15) is 0 Å². The molecule has 0 amide bonds. The lowest BCUT2D eigenvalue weighted by Gasteiger charge is -1.95. The van der Waals surface area contributed by atoms with Gasteiger partial charge in [-0.05, 0) is 12.5 Å². The number of ketones is 1. The number of hydrogen-bond donors (Lipinski definition) is 0. The van der Waals surface area contributed by atoms with Gasteiger partial charge in [0.05, 0.1) is 0 Å². The molecule has 1 aromatic carbocycles. The maximum atomic E-state index is 10.9. The predicted molar refractivity (Wildman–Crippen MR) is 56.2 cm³/mol. The molecule has 0 aliphatic carbocycles. The molecule has 0 aromatic heterocycles. The van der Waals surface area contributed by atoms with Crippen LogP contribution in [0.25, 0.3) is 6.08 Å². The molecule has 0 unspecified atom stereocenters. The van der Waals surface area contributed by atoms with Crippen LogP contribution in [0.1, 0.15) is 22.8 Å². The van der Waals surface area contributed by atoms with Crippen molar-refractivity contribution in [3.05, 3.63) is 41.5 Å². The van der Waals surface area contributed by atoms with Gasteiger partial charge in [-0.2, -0.15) is 0 Å². The van der Waals surface area contributed by atoms with Crippen molar-refractivity contribution in [2.75, 3.05) is 5.88 Å². The Kier molecular flexibility index (Phi) is 3.71. The fourth-order valence-electron chi connectivity index (χ4n) is 1.01. The number of alkyl halides is 1. The van der Waals surface area contributed by atoms with Crippen LogP contribution in [0.3, 0.4) is 0 Å². The number of carbonyl (C=O) groups excluding carboxylic acids is 1. The first-order valence-electron chi connectivity index (χ1n) is 4.07. The van der Waals surface area contributed by atoms with Gasteiger partial charge in [0, 0.05) is 11.4 Å². The third-order valence-corrected chi connectivity index (χ3v) is 1.89. The van der Waals surface area contributed by atoms with Crippen molar-refractivity contribution in [3.63, 3.8) is 0 Å². The average molecular weight is 195 g/mol. The van der Waals surface area contributed by atoms with Gasteiger partial charge in [-0.15, -0.1) is 11.6 Å². The lowest BCUT2D eigenvalue weighted by Crippen LogP contribution is -1.90. The molecule has 0 N–H and O–H groups in total. The lowest BCUT2D eigenvalue weighted by molar-refractivity contribution is 0.101. The number of halogens is 1. The zero-order valence-electron chi connectivity index (χ0n) is 7.46. The molecule has 2 heteroatoms. The summed E-state index contributed by atoms with van der Waals surface area (Å²) in [5.41, 5.74) is 1.80. The second kappa shape index (κ2) is 4.83. The van der Waals surface area contributed by atoms with Crippen LogP contribution >= 0.6 is 11.6 Å². The quantitative estimate of drug-likeness (QED) is 0.534. The summed E-state index contributed by atoms with van der Waals surface area (Å²) in [6.07, 6.45) is 3.79. The zero-order chi connectivity index (χ0) is 9.68. The summed E-state index contributed by atoms with van der Waals surface area (Å²) in [4.78, 5) is 10.9. The molecule has 1 aromatic rings. The first-order valence-corrected chi connectivity index (χ1v) is 4.61. The maximum Gasteiger partial charge on any atom is 0.159 e. The highest BCUT2D eigenvalue weighted by Gasteiger charge is 1.96. The monoisotopic (exact) mass is 194 g/mol. The first kappa shape index (κ1) is 10.0. The molecule has 0 saturated heterocycles. The number of hydrogen-bond acceptors (Lipinski definition) is 1. The Hall–Kier alpha value is -1.08. The molecule has 0 spiro atoms. The van der Waals surface area contributed by atoms with Gasteiger partial charge < -0.3 is 0 Å². The van der Waals surface area contributed by atoms with Gasteiger partial charge in [-0.3, -0.25) is 4.79 Å². The largest absolute Gasteiger partial charge is 0.295 e. The normalized spacial score (nSPS) is 10.6. The highest BCUT2D eigenvalue weighted by Crippen LogP contribution is 2.06. The molecule has 0 atom stereocenters. The maximum absolute atomic E-state index is 10.9. The fraction of sp³-hybridized carbons (Fsp3) is 0.182. The van der Waals surface area contributed by atoms with Crippen molar-refractivity contribution in [3.8, 4) is 0 Å². The van der Waals surface area contributed by atoms with E-state index in [1.165, 1.54) is 0 Å². The van der Waals surface area contributed by atoms with E-state index in [1.807, 2.05) is 36.4 Å². The van der Waals surface area contributed by atoms with E-state index in [4.69, 9.17) is 11.6 Å². The molecule has 0 radical (unpaired) electrons. The zero-order valence-corrected chi connectivity index (χ0v) is 8.21. The van der Waals surface area contributed by atoms with E-state index >= 15 is 0 Å². The van der Waals surface area contributed by atoms with Gasteiger partial charge in [0.2, 0.25) is 0 Å². The van der Waals surface area contributed by atoms with Crippen molar-refractivity contribution < 1.29 is 4.79 Å². The van der Waals surface area contributed by atoms with E-state index in [1.54, 1.807) is 6.92 Å². The molecule has 0 saturated carbocycles. The lowest BCUT2D eigenvalue weighted by atomic mass is 10.1. The molecule has 0 aliphatic rings. The van der Waals surface area contributed by atoms with Crippen LogP contribution in [0.2, 0.25) is 0 Å². The third kappa shape index (κ3) is 3.03. The van der Waals surface area contributed by atoms with E-state index in [2.05, 4.69) is 0 Å². The molecule has 1 nitrogen and oxygen atoms in total. The van der Waals surface area contributed by atoms with Crippen molar-refractivity contribution in [1.29, 1.82) is 0 Å². The summed E-state index contributed by atoms with van der Waals surface area (Å²) in [6, 6.07) is 7.44. The number of benzene rings is 1. The Morgan fingerprint density at radius 3 is 2.46 bits per heavy atom. The standard InChI is InChI=1S/C11H11ClO/c1-9(13)11-6-4-10(5-7-11)3-2-8-12/h2-7H,8H2,1H3. The minimum absolute atomic E-state index is 0.0906. The molecule has 1 rings (SSSR count). The first-order chi connectivity index (χ1) is 6.24.